The van der Waals surface area contributed by atoms with Gasteiger partial charge in [-0.3, -0.25) is 9.59 Å². The van der Waals surface area contributed by atoms with Crippen LogP contribution in [0.2, 0.25) is 0 Å². The highest BCUT2D eigenvalue weighted by molar-refractivity contribution is 5.88. The van der Waals surface area contributed by atoms with E-state index in [2.05, 4.69) is 64.8 Å². The highest BCUT2D eigenvalue weighted by Crippen LogP contribution is 2.47. The normalized spacial score (nSPS) is 28.4. The highest BCUT2D eigenvalue weighted by Gasteiger charge is 2.46. The number of carbonyl (C=O) groups is 4. The summed E-state index contributed by atoms with van der Waals surface area (Å²) in [7, 11) is 0. The molecule has 72 heavy (non-hydrogen) atoms. The van der Waals surface area contributed by atoms with Crippen LogP contribution in [0.3, 0.4) is 0 Å². The second-order valence-electron chi connectivity index (χ2n) is 21.3. The Kier molecular flexibility index (Phi) is 14.1. The van der Waals surface area contributed by atoms with Crippen molar-refractivity contribution in [2.24, 2.45) is 11.8 Å². The molecule has 0 radical (unpaired) electrons. The van der Waals surface area contributed by atoms with Crippen molar-refractivity contribution < 1.29 is 42.9 Å². The zero-order chi connectivity index (χ0) is 50.5. The number of aromatic amines is 2. The van der Waals surface area contributed by atoms with Crippen molar-refractivity contribution in [3.05, 3.63) is 65.0 Å². The second kappa shape index (κ2) is 20.5. The summed E-state index contributed by atoms with van der Waals surface area (Å²) in [6.45, 7) is 16.6. The van der Waals surface area contributed by atoms with Crippen LogP contribution >= 0.6 is 0 Å². The Morgan fingerprint density at radius 2 is 1.25 bits per heavy atom. The summed E-state index contributed by atoms with van der Waals surface area (Å²) >= 11 is 0. The minimum absolute atomic E-state index is 0.0301. The third-order valence-electron chi connectivity index (χ3n) is 16.1. The fraction of sp³-hybridized carbons (Fsp3) is 0.600. The number of rotatable bonds is 11. The Morgan fingerprint density at radius 3 is 1.82 bits per heavy atom. The van der Waals surface area contributed by atoms with E-state index in [1.54, 1.807) is 13.8 Å². The molecule has 2 aromatic carbocycles. The number of H-pyrrole nitrogens is 2. The molecule has 4 N–H and O–H groups in total. The molecule has 0 bridgehead atoms. The average Bonchev–Trinajstić information content (AvgIpc) is 4.17. The van der Waals surface area contributed by atoms with Gasteiger partial charge in [0.25, 0.3) is 0 Å². The number of benzene rings is 2. The maximum Gasteiger partial charge on any atom is 0.407 e. The average molecular weight is 989 g/mol. The number of hydrogen-bond donors (Lipinski definition) is 4. The molecule has 7 heterocycles. The largest absolute Gasteiger partial charge is 0.488 e. The lowest BCUT2D eigenvalue weighted by molar-refractivity contribution is -0.141. The molecule has 4 fully saturated rings. The molecular formula is C55H72N8O9. The predicted octanol–water partition coefficient (Wildman–Crippen LogP) is 8.87. The number of nitrogens with one attached hydrogen (secondary N) is 4. The minimum Gasteiger partial charge on any atom is -0.488 e. The van der Waals surface area contributed by atoms with Gasteiger partial charge >= 0.3 is 12.2 Å². The molecule has 2 aromatic heterocycles. The molecule has 0 unspecified atom stereocenters. The van der Waals surface area contributed by atoms with Gasteiger partial charge in [-0.05, 0) is 172 Å². The summed E-state index contributed by atoms with van der Waals surface area (Å²) in [5.74, 6) is 1.87. The molecule has 5 aliphatic heterocycles. The van der Waals surface area contributed by atoms with Crippen LogP contribution < -0.4 is 15.4 Å². The number of aromatic nitrogens is 4. The smallest absolute Gasteiger partial charge is 0.407 e. The van der Waals surface area contributed by atoms with Crippen LogP contribution in [0.5, 0.6) is 5.75 Å². The molecule has 17 nitrogen and oxygen atoms in total. The van der Waals surface area contributed by atoms with Gasteiger partial charge in [0.15, 0.2) is 0 Å². The number of ether oxygens (including phenoxy) is 5. The zero-order valence-corrected chi connectivity index (χ0v) is 43.0. The quantitative estimate of drug-likeness (QED) is 0.112. The summed E-state index contributed by atoms with van der Waals surface area (Å²) in [4.78, 5) is 76.3. The summed E-state index contributed by atoms with van der Waals surface area (Å²) in [5.41, 5.74) is 9.20. The first-order valence-corrected chi connectivity index (χ1v) is 26.6. The number of nitrogens with zero attached hydrogens (tertiary/aromatic N) is 4. The van der Waals surface area contributed by atoms with Gasteiger partial charge in [-0.25, -0.2) is 19.6 Å². The molecule has 1 aliphatic carbocycles. The monoisotopic (exact) mass is 989 g/mol. The first kappa shape index (κ1) is 49.6. The van der Waals surface area contributed by atoms with Crippen molar-refractivity contribution in [3.8, 4) is 39.4 Å². The third kappa shape index (κ3) is 9.70. The van der Waals surface area contributed by atoms with Crippen molar-refractivity contribution >= 4 is 24.0 Å². The standard InChI is InChI=1S/C55H72N8O9/c1-9-68-54(66)60-47(36-19-30(5)71-31(6)20-36)52(64)62-28(3)11-17-44(62)50-56-26-43(58-50)35-13-15-39-38(23-35)27-70-46-25-40-34(24-41(39)46)14-16-42-49(40)59-51(57-42)45-18-12-29(4)63(45)53(65)48(61-55(67)69-10-2)37-21-32(7)72-33(8)22-37/h13,15,23-26,28-33,36-37,44-45,47-48H,9-12,14,16-22,27H2,1-8H3,(H,56,58)(H,57,59)(H,60,66)(H,61,67)/t28-,29-,30+,31+,32+,33+,44-,45-,47-,48-/m0/s1. The molecule has 10 atom stereocenters. The number of fused-ring (bicyclic) bond motifs is 6. The van der Waals surface area contributed by atoms with Crippen molar-refractivity contribution in [1.82, 2.24) is 40.4 Å². The van der Waals surface area contributed by atoms with E-state index in [9.17, 15) is 19.2 Å². The van der Waals surface area contributed by atoms with E-state index in [-0.39, 0.29) is 85.4 Å². The molecule has 4 saturated heterocycles. The fourth-order valence-corrected chi connectivity index (χ4v) is 13.0. The SMILES string of the molecule is CCOC(=O)N[C@H](C(=O)N1[C@@H](C)CC[C@H]1c1ncc(-c2ccc3c(c2)COc2cc4c(cc2-3)CCc2[nH]c([C@@H]3CC[C@H](C)N3C(=O)[C@@H](NC(=O)OCC)C3C[C@@H](C)O[C@H](C)C3)nc2-4)[nH]1)C1C[C@@H](C)O[C@H](C)C1. The van der Waals surface area contributed by atoms with Crippen LogP contribution in [0.4, 0.5) is 9.59 Å². The molecular weight excluding hydrogens is 917 g/mol. The van der Waals surface area contributed by atoms with Crippen molar-refractivity contribution in [2.75, 3.05) is 13.2 Å². The van der Waals surface area contributed by atoms with Gasteiger partial charge in [0, 0.05) is 28.9 Å². The zero-order valence-electron chi connectivity index (χ0n) is 43.0. The van der Waals surface area contributed by atoms with Crippen LogP contribution in [0.25, 0.3) is 33.6 Å². The number of likely N-dealkylation sites (tertiary alicyclic amines) is 2. The summed E-state index contributed by atoms with van der Waals surface area (Å²) in [5, 5.41) is 5.90. The van der Waals surface area contributed by atoms with E-state index in [0.717, 1.165) is 101 Å². The van der Waals surface area contributed by atoms with Gasteiger partial charge in [0.2, 0.25) is 11.8 Å². The van der Waals surface area contributed by atoms with Crippen LogP contribution in [0.15, 0.2) is 36.5 Å². The van der Waals surface area contributed by atoms with Crippen molar-refractivity contribution in [3.63, 3.8) is 0 Å². The van der Waals surface area contributed by atoms with Gasteiger partial charge in [-0.15, -0.1) is 0 Å². The second-order valence-corrected chi connectivity index (χ2v) is 21.3. The van der Waals surface area contributed by atoms with Gasteiger partial charge in [0.05, 0.1) is 67.3 Å². The molecule has 10 rings (SSSR count). The van der Waals surface area contributed by atoms with Crippen LogP contribution in [0.1, 0.15) is 147 Å². The Morgan fingerprint density at radius 1 is 0.681 bits per heavy atom. The Labute approximate surface area is 422 Å². The van der Waals surface area contributed by atoms with E-state index in [0.29, 0.717) is 32.3 Å². The molecule has 17 heteroatoms. The first-order chi connectivity index (χ1) is 34.7. The molecule has 4 amide bonds. The lowest BCUT2D eigenvalue weighted by Gasteiger charge is -2.39. The van der Waals surface area contributed by atoms with E-state index in [1.807, 2.05) is 43.7 Å². The van der Waals surface area contributed by atoms with E-state index in [1.165, 1.54) is 5.56 Å². The highest BCUT2D eigenvalue weighted by atomic mass is 16.6. The Balaban J connectivity index is 0.871. The topological polar surface area (TPSA) is 202 Å². The molecule has 386 valence electrons. The van der Waals surface area contributed by atoms with Crippen molar-refractivity contribution in [2.45, 2.75) is 187 Å². The Hall–Kier alpha value is -5.94. The van der Waals surface area contributed by atoms with Gasteiger partial charge in [-0.1, -0.05) is 12.1 Å². The molecule has 0 saturated carbocycles. The van der Waals surface area contributed by atoms with E-state index in [4.69, 9.17) is 33.7 Å². The number of imidazole rings is 2. The van der Waals surface area contributed by atoms with Crippen molar-refractivity contribution in [1.29, 1.82) is 0 Å². The lowest BCUT2D eigenvalue weighted by atomic mass is 9.85. The fourth-order valence-electron chi connectivity index (χ4n) is 13.0. The van der Waals surface area contributed by atoms with Gasteiger partial charge in [0.1, 0.15) is 36.1 Å². The summed E-state index contributed by atoms with van der Waals surface area (Å²) in [6, 6.07) is 8.69. The van der Waals surface area contributed by atoms with Gasteiger partial charge in [-0.2, -0.15) is 0 Å². The number of amides is 4. The van der Waals surface area contributed by atoms with Crippen LogP contribution in [-0.4, -0.2) is 116 Å². The summed E-state index contributed by atoms with van der Waals surface area (Å²) in [6.07, 6.45) is 7.94. The molecule has 6 aliphatic rings. The van der Waals surface area contributed by atoms with Gasteiger partial charge < -0.3 is 54.1 Å². The number of carbonyl (C=O) groups excluding carboxylic acids is 4. The number of hydrogen-bond acceptors (Lipinski definition) is 11. The lowest BCUT2D eigenvalue weighted by Crippen LogP contribution is -2.55. The first-order valence-electron chi connectivity index (χ1n) is 26.6. The number of aryl methyl sites for hydroxylation is 2. The van der Waals surface area contributed by atoms with E-state index >= 15 is 0 Å². The maximum atomic E-state index is 14.7. The maximum absolute atomic E-state index is 14.7. The van der Waals surface area contributed by atoms with Crippen LogP contribution in [-0.2, 0) is 48.0 Å². The van der Waals surface area contributed by atoms with E-state index < -0.39 is 24.3 Å². The summed E-state index contributed by atoms with van der Waals surface area (Å²) < 4.78 is 29.1. The predicted molar refractivity (Wildman–Crippen MR) is 269 cm³/mol. The Bertz CT molecular complexity index is 2660. The molecule has 0 spiro atoms. The molecule has 4 aromatic rings. The number of alkyl carbamates (subject to hydrolysis) is 2. The third-order valence-corrected chi connectivity index (χ3v) is 16.1. The van der Waals surface area contributed by atoms with Crippen LogP contribution in [0, 0.1) is 11.8 Å². The minimum atomic E-state index is -0.745.